The van der Waals surface area contributed by atoms with E-state index in [0.717, 1.165) is 51.1 Å². The molecule has 1 heterocycles. The summed E-state index contributed by atoms with van der Waals surface area (Å²) in [7, 11) is 1.63. The van der Waals surface area contributed by atoms with E-state index < -0.39 is 5.60 Å². The van der Waals surface area contributed by atoms with Gasteiger partial charge in [-0.3, -0.25) is 9.69 Å². The molecule has 2 rings (SSSR count). The van der Waals surface area contributed by atoms with Gasteiger partial charge in [-0.1, -0.05) is 38.1 Å². The van der Waals surface area contributed by atoms with Crippen LogP contribution >= 0.6 is 24.8 Å². The molecule has 1 amide bonds. The zero-order valence-corrected chi connectivity index (χ0v) is 17.7. The van der Waals surface area contributed by atoms with Crippen LogP contribution in [-0.4, -0.2) is 49.7 Å². The van der Waals surface area contributed by atoms with Crippen molar-refractivity contribution in [2.75, 3.05) is 33.3 Å². The highest BCUT2D eigenvalue weighted by molar-refractivity contribution is 5.86. The molecule has 1 saturated heterocycles. The molecule has 0 unspecified atom stereocenters. The molecular weight excluding hydrogens is 373 g/mol. The number of benzene rings is 1. The van der Waals surface area contributed by atoms with Crippen LogP contribution in [0.4, 0.5) is 0 Å². The van der Waals surface area contributed by atoms with Crippen LogP contribution in [0.5, 0.6) is 0 Å². The number of nitrogens with one attached hydrogen (secondary N) is 2. The lowest BCUT2D eigenvalue weighted by atomic mass is 9.91. The molecule has 7 heteroatoms. The molecule has 0 radical (unpaired) electrons. The maximum Gasteiger partial charge on any atom is 0.252 e. The summed E-state index contributed by atoms with van der Waals surface area (Å²) < 4.78 is 5.58. The molecule has 0 bridgehead atoms. The second kappa shape index (κ2) is 12.5. The average molecular weight is 406 g/mol. The summed E-state index contributed by atoms with van der Waals surface area (Å²) in [5.74, 6) is 0.000598. The van der Waals surface area contributed by atoms with Crippen molar-refractivity contribution in [2.24, 2.45) is 0 Å². The first kappa shape index (κ1) is 25.1. The van der Waals surface area contributed by atoms with Gasteiger partial charge in [-0.2, -0.15) is 0 Å². The van der Waals surface area contributed by atoms with Crippen LogP contribution in [0.2, 0.25) is 0 Å². The number of halogens is 2. The predicted molar refractivity (Wildman–Crippen MR) is 111 cm³/mol. The SMILES string of the molecule is CCN(CC)Cc1cccc(CNC(=O)C2(OC)CCNCC2)c1.Cl.Cl. The third-order valence-corrected chi connectivity index (χ3v) is 4.96. The normalized spacial score (nSPS) is 15.7. The molecule has 0 saturated carbocycles. The molecule has 1 fully saturated rings. The number of ether oxygens (including phenoxy) is 1. The summed E-state index contributed by atoms with van der Waals surface area (Å²) in [5.41, 5.74) is 1.74. The Labute approximate surface area is 170 Å². The average Bonchev–Trinajstić information content (AvgIpc) is 2.65. The van der Waals surface area contributed by atoms with Gasteiger partial charge >= 0.3 is 0 Å². The minimum Gasteiger partial charge on any atom is -0.368 e. The Morgan fingerprint density at radius 3 is 2.38 bits per heavy atom. The number of hydrogen-bond donors (Lipinski definition) is 2. The first-order chi connectivity index (χ1) is 11.6. The summed E-state index contributed by atoms with van der Waals surface area (Å²) in [6.07, 6.45) is 1.44. The summed E-state index contributed by atoms with van der Waals surface area (Å²) in [5, 5.41) is 6.34. The maximum atomic E-state index is 12.6. The van der Waals surface area contributed by atoms with Crippen LogP contribution in [0.3, 0.4) is 0 Å². The molecule has 5 nitrogen and oxygen atoms in total. The maximum absolute atomic E-state index is 12.6. The lowest BCUT2D eigenvalue weighted by Crippen LogP contribution is -2.53. The molecule has 2 N–H and O–H groups in total. The largest absolute Gasteiger partial charge is 0.368 e. The highest BCUT2D eigenvalue weighted by atomic mass is 35.5. The van der Waals surface area contributed by atoms with E-state index in [-0.39, 0.29) is 30.7 Å². The van der Waals surface area contributed by atoms with Gasteiger partial charge in [-0.25, -0.2) is 0 Å². The van der Waals surface area contributed by atoms with Gasteiger partial charge in [0.2, 0.25) is 0 Å². The highest BCUT2D eigenvalue weighted by Gasteiger charge is 2.39. The lowest BCUT2D eigenvalue weighted by Gasteiger charge is -2.34. The molecule has 0 spiro atoms. The highest BCUT2D eigenvalue weighted by Crippen LogP contribution is 2.22. The Kier molecular flexibility index (Phi) is 12.1. The molecule has 26 heavy (non-hydrogen) atoms. The van der Waals surface area contributed by atoms with Gasteiger partial charge in [0, 0.05) is 20.2 Å². The van der Waals surface area contributed by atoms with Crippen molar-refractivity contribution in [1.29, 1.82) is 0 Å². The molecule has 0 atom stereocenters. The Bertz CT molecular complexity index is 533. The van der Waals surface area contributed by atoms with Gasteiger partial charge in [-0.05, 0) is 50.1 Å². The number of rotatable bonds is 8. The van der Waals surface area contributed by atoms with E-state index in [2.05, 4.69) is 53.6 Å². The number of methoxy groups -OCH3 is 1. The van der Waals surface area contributed by atoms with E-state index >= 15 is 0 Å². The molecule has 1 aromatic carbocycles. The topological polar surface area (TPSA) is 53.6 Å². The van der Waals surface area contributed by atoms with Crippen LogP contribution in [0.1, 0.15) is 37.8 Å². The summed E-state index contributed by atoms with van der Waals surface area (Å²) in [4.78, 5) is 15.0. The van der Waals surface area contributed by atoms with E-state index in [4.69, 9.17) is 4.74 Å². The number of amides is 1. The standard InChI is InChI=1S/C19H31N3O2.2ClH/c1-4-22(5-2)15-17-8-6-7-16(13-17)14-21-18(23)19(24-3)9-11-20-12-10-19;;/h6-8,13,20H,4-5,9-12,14-15H2,1-3H3,(H,21,23);2*1H. The van der Waals surface area contributed by atoms with E-state index in [1.807, 2.05) is 0 Å². The smallest absolute Gasteiger partial charge is 0.252 e. The minimum atomic E-state index is -0.677. The van der Waals surface area contributed by atoms with Crippen molar-refractivity contribution in [1.82, 2.24) is 15.5 Å². The van der Waals surface area contributed by atoms with Crippen molar-refractivity contribution in [3.8, 4) is 0 Å². The third kappa shape index (κ3) is 6.71. The molecule has 1 aliphatic rings. The van der Waals surface area contributed by atoms with Crippen molar-refractivity contribution in [3.63, 3.8) is 0 Å². The molecule has 0 aliphatic carbocycles. The van der Waals surface area contributed by atoms with Gasteiger partial charge in [0.25, 0.3) is 5.91 Å². The van der Waals surface area contributed by atoms with E-state index in [1.165, 1.54) is 5.56 Å². The molecule has 1 aliphatic heterocycles. The zero-order valence-electron chi connectivity index (χ0n) is 16.0. The first-order valence-corrected chi connectivity index (χ1v) is 8.98. The van der Waals surface area contributed by atoms with Gasteiger partial charge < -0.3 is 15.4 Å². The Hall–Kier alpha value is -0.850. The molecular formula is C19H33Cl2N3O2. The van der Waals surface area contributed by atoms with Crippen LogP contribution in [0.15, 0.2) is 24.3 Å². The molecule has 1 aromatic rings. The Morgan fingerprint density at radius 1 is 1.19 bits per heavy atom. The van der Waals surface area contributed by atoms with Gasteiger partial charge in [0.15, 0.2) is 0 Å². The van der Waals surface area contributed by atoms with Gasteiger partial charge in [-0.15, -0.1) is 24.8 Å². The second-order valence-corrected chi connectivity index (χ2v) is 6.41. The van der Waals surface area contributed by atoms with Crippen LogP contribution < -0.4 is 10.6 Å². The number of hydrogen-bond acceptors (Lipinski definition) is 4. The van der Waals surface area contributed by atoms with Crippen molar-refractivity contribution in [2.45, 2.75) is 45.4 Å². The predicted octanol–water partition coefficient (Wildman–Crippen LogP) is 2.76. The third-order valence-electron chi connectivity index (χ3n) is 4.96. The van der Waals surface area contributed by atoms with Gasteiger partial charge in [0.05, 0.1) is 0 Å². The Balaban J connectivity index is 0.00000312. The first-order valence-electron chi connectivity index (χ1n) is 8.98. The minimum absolute atomic E-state index is 0. The van der Waals surface area contributed by atoms with E-state index in [1.54, 1.807) is 7.11 Å². The van der Waals surface area contributed by atoms with Crippen LogP contribution in [0, 0.1) is 0 Å². The Morgan fingerprint density at radius 2 is 1.81 bits per heavy atom. The van der Waals surface area contributed by atoms with Crippen molar-refractivity contribution in [3.05, 3.63) is 35.4 Å². The van der Waals surface area contributed by atoms with Crippen LogP contribution in [0.25, 0.3) is 0 Å². The summed E-state index contributed by atoms with van der Waals surface area (Å²) >= 11 is 0. The monoisotopic (exact) mass is 405 g/mol. The lowest BCUT2D eigenvalue weighted by molar-refractivity contribution is -0.146. The van der Waals surface area contributed by atoms with Crippen molar-refractivity contribution >= 4 is 30.7 Å². The second-order valence-electron chi connectivity index (χ2n) is 6.41. The number of piperidine rings is 1. The fourth-order valence-corrected chi connectivity index (χ4v) is 3.24. The number of nitrogens with zero attached hydrogens (tertiary/aromatic N) is 1. The van der Waals surface area contributed by atoms with Crippen LogP contribution in [-0.2, 0) is 22.6 Å². The number of carbonyl (C=O) groups excluding carboxylic acids is 1. The molecule has 150 valence electrons. The fraction of sp³-hybridized carbons (Fsp3) is 0.632. The zero-order chi connectivity index (χ0) is 17.4. The number of carbonyl (C=O) groups is 1. The summed E-state index contributed by atoms with van der Waals surface area (Å²) in [6, 6.07) is 8.46. The quantitative estimate of drug-likeness (QED) is 0.697. The van der Waals surface area contributed by atoms with Crippen molar-refractivity contribution < 1.29 is 9.53 Å². The van der Waals surface area contributed by atoms with E-state index in [0.29, 0.717) is 6.54 Å². The van der Waals surface area contributed by atoms with Gasteiger partial charge in [0.1, 0.15) is 5.60 Å². The van der Waals surface area contributed by atoms with E-state index in [9.17, 15) is 4.79 Å². The molecule has 0 aromatic heterocycles. The fourth-order valence-electron chi connectivity index (χ4n) is 3.24. The summed E-state index contributed by atoms with van der Waals surface area (Å²) in [6.45, 7) is 9.57.